The largest absolute Gasteiger partial charge is 0.494 e. The van der Waals surface area contributed by atoms with E-state index in [0.717, 1.165) is 11.1 Å². The lowest BCUT2D eigenvalue weighted by molar-refractivity contribution is 0.0676. The van der Waals surface area contributed by atoms with Crippen molar-refractivity contribution in [1.82, 2.24) is 5.01 Å². The van der Waals surface area contributed by atoms with Crippen molar-refractivity contribution in [3.05, 3.63) is 83.8 Å². The maximum absolute atomic E-state index is 13.2. The molecule has 8 nitrogen and oxygen atoms in total. The number of hydrogen-bond acceptors (Lipinski definition) is 6. The predicted molar refractivity (Wildman–Crippen MR) is 126 cm³/mol. The number of ether oxygens (including phenoxy) is 1. The van der Waals surface area contributed by atoms with Gasteiger partial charge in [-0.2, -0.15) is 5.10 Å². The third kappa shape index (κ3) is 4.93. The molecule has 0 unspecified atom stereocenters. The normalized spacial score (nSPS) is 15.9. The lowest BCUT2D eigenvalue weighted by Crippen LogP contribution is -2.27. The third-order valence-electron chi connectivity index (χ3n) is 5.30. The number of carbonyl (C=O) groups is 1. The number of benzene rings is 2. The van der Waals surface area contributed by atoms with Crippen LogP contribution in [0.25, 0.3) is 0 Å². The van der Waals surface area contributed by atoms with Gasteiger partial charge in [-0.25, -0.2) is 13.4 Å². The second-order valence-electron chi connectivity index (χ2n) is 7.45. The summed E-state index contributed by atoms with van der Waals surface area (Å²) in [5.41, 5.74) is 2.82. The maximum Gasteiger partial charge on any atom is 0.310 e. The van der Waals surface area contributed by atoms with Gasteiger partial charge in [-0.15, -0.1) is 0 Å². The molecule has 3 aromatic rings. The zero-order chi connectivity index (χ0) is 23.4. The molecule has 0 fully saturated rings. The lowest BCUT2D eigenvalue weighted by atomic mass is 9.97. The molecule has 0 saturated heterocycles. The molecule has 172 valence electrons. The van der Waals surface area contributed by atoms with E-state index < -0.39 is 10.0 Å². The first kappa shape index (κ1) is 22.6. The van der Waals surface area contributed by atoms with Crippen molar-refractivity contribution < 1.29 is 22.4 Å². The summed E-state index contributed by atoms with van der Waals surface area (Å²) >= 11 is 0. The smallest absolute Gasteiger partial charge is 0.310 e. The number of furan rings is 1. The van der Waals surface area contributed by atoms with E-state index >= 15 is 0 Å². The molecule has 2 heterocycles. The Labute approximate surface area is 192 Å². The highest BCUT2D eigenvalue weighted by atomic mass is 32.2. The number of hydrazone groups is 1. The minimum atomic E-state index is -3.36. The van der Waals surface area contributed by atoms with E-state index in [2.05, 4.69) is 9.82 Å². The van der Waals surface area contributed by atoms with Crippen molar-refractivity contribution in [2.75, 3.05) is 17.1 Å². The van der Waals surface area contributed by atoms with Crippen molar-refractivity contribution in [2.24, 2.45) is 5.10 Å². The molecule has 0 aliphatic carbocycles. The van der Waals surface area contributed by atoms with Crippen molar-refractivity contribution in [2.45, 2.75) is 26.3 Å². The Hall–Kier alpha value is -3.59. The molecule has 0 radical (unpaired) electrons. The predicted octanol–water partition coefficient (Wildman–Crippen LogP) is 4.43. The number of sulfonamides is 1. The molecule has 0 saturated carbocycles. The Morgan fingerprint density at radius 2 is 1.88 bits per heavy atom. The summed E-state index contributed by atoms with van der Waals surface area (Å²) in [7, 11) is -3.36. The fourth-order valence-electron chi connectivity index (χ4n) is 3.65. The van der Waals surface area contributed by atoms with Crippen LogP contribution >= 0.6 is 0 Å². The molecule has 0 bridgehead atoms. The average molecular weight is 468 g/mol. The fraction of sp³-hybridized carbons (Fsp3) is 0.250. The van der Waals surface area contributed by atoms with E-state index in [1.807, 2.05) is 31.2 Å². The number of carbonyl (C=O) groups excluding carboxylic acids is 1. The Morgan fingerprint density at radius 1 is 1.12 bits per heavy atom. The van der Waals surface area contributed by atoms with E-state index in [1.54, 1.807) is 43.3 Å². The van der Waals surface area contributed by atoms with Crippen molar-refractivity contribution in [3.63, 3.8) is 0 Å². The highest BCUT2D eigenvalue weighted by Crippen LogP contribution is 2.38. The molecule has 1 aliphatic heterocycles. The molecule has 0 spiro atoms. The van der Waals surface area contributed by atoms with E-state index in [-0.39, 0.29) is 23.5 Å². The molecular weight excluding hydrogens is 442 g/mol. The van der Waals surface area contributed by atoms with Crippen LogP contribution in [0.2, 0.25) is 0 Å². The van der Waals surface area contributed by atoms with Crippen LogP contribution in [0.5, 0.6) is 5.75 Å². The topological polar surface area (TPSA) is 101 Å². The molecule has 33 heavy (non-hydrogen) atoms. The van der Waals surface area contributed by atoms with Gasteiger partial charge in [-0.1, -0.05) is 30.3 Å². The first-order valence-corrected chi connectivity index (χ1v) is 12.3. The Kier molecular flexibility index (Phi) is 6.50. The molecule has 1 aliphatic rings. The number of para-hydroxylation sites is 1. The first-order valence-electron chi connectivity index (χ1n) is 10.7. The van der Waals surface area contributed by atoms with Gasteiger partial charge in [-0.05, 0) is 49.7 Å². The standard InChI is InChI=1S/C24H25N3O5S/c1-3-31-22-9-6-5-8-19(22)21-16-20(25-27(21)24(28)23-10-7-15-32-23)17-11-13-18(14-12-17)26-33(29,30)4-2/h5-15,21,26H,3-4,16H2,1-2H3/t21-/m0/s1. The van der Waals surface area contributed by atoms with Crippen molar-refractivity contribution in [1.29, 1.82) is 0 Å². The lowest BCUT2D eigenvalue weighted by Gasteiger charge is -2.23. The quantitative estimate of drug-likeness (QED) is 0.528. The summed E-state index contributed by atoms with van der Waals surface area (Å²) in [5.74, 6) is 0.538. The molecule has 1 N–H and O–H groups in total. The Morgan fingerprint density at radius 3 is 2.55 bits per heavy atom. The summed E-state index contributed by atoms with van der Waals surface area (Å²) in [4.78, 5) is 13.2. The minimum Gasteiger partial charge on any atom is -0.494 e. The molecule has 1 amide bonds. The molecule has 2 aromatic carbocycles. The van der Waals surface area contributed by atoms with Gasteiger partial charge in [0, 0.05) is 17.7 Å². The van der Waals surface area contributed by atoms with Gasteiger partial charge in [0.1, 0.15) is 5.75 Å². The highest BCUT2D eigenvalue weighted by Gasteiger charge is 2.36. The van der Waals surface area contributed by atoms with Gasteiger partial charge in [0.25, 0.3) is 0 Å². The zero-order valence-electron chi connectivity index (χ0n) is 18.4. The number of nitrogens with zero attached hydrogens (tertiary/aromatic N) is 2. The SMILES string of the molecule is CCOc1ccccc1[C@@H]1CC(c2ccc(NS(=O)(=O)CC)cc2)=NN1C(=O)c1ccco1. The van der Waals surface area contributed by atoms with Gasteiger partial charge < -0.3 is 9.15 Å². The molecule has 1 atom stereocenters. The summed E-state index contributed by atoms with van der Waals surface area (Å²) in [6.45, 7) is 3.99. The molecular formula is C24H25N3O5S. The number of rotatable bonds is 8. The van der Waals surface area contributed by atoms with E-state index in [9.17, 15) is 13.2 Å². The van der Waals surface area contributed by atoms with Gasteiger partial charge in [-0.3, -0.25) is 9.52 Å². The zero-order valence-corrected chi connectivity index (χ0v) is 19.2. The summed E-state index contributed by atoms with van der Waals surface area (Å²) in [5, 5.41) is 6.07. The van der Waals surface area contributed by atoms with Crippen LogP contribution in [0.3, 0.4) is 0 Å². The van der Waals surface area contributed by atoms with Crippen molar-refractivity contribution >= 4 is 27.3 Å². The molecule has 4 rings (SSSR count). The average Bonchev–Trinajstić information content (AvgIpc) is 3.50. The number of anilines is 1. The van der Waals surface area contributed by atoms with E-state index in [1.165, 1.54) is 11.3 Å². The second-order valence-corrected chi connectivity index (χ2v) is 9.46. The van der Waals surface area contributed by atoms with Crippen LogP contribution in [-0.2, 0) is 10.0 Å². The van der Waals surface area contributed by atoms with Gasteiger partial charge in [0.15, 0.2) is 5.76 Å². The van der Waals surface area contributed by atoms with Crippen LogP contribution in [0.15, 0.2) is 76.4 Å². The number of amides is 1. The molecule has 9 heteroatoms. The van der Waals surface area contributed by atoms with Gasteiger partial charge >= 0.3 is 5.91 Å². The van der Waals surface area contributed by atoms with Gasteiger partial charge in [0.2, 0.25) is 10.0 Å². The van der Waals surface area contributed by atoms with Crippen LogP contribution < -0.4 is 9.46 Å². The maximum atomic E-state index is 13.2. The van der Waals surface area contributed by atoms with Crippen LogP contribution in [0.4, 0.5) is 5.69 Å². The summed E-state index contributed by atoms with van der Waals surface area (Å²) in [6, 6.07) is 17.4. The van der Waals surface area contributed by atoms with E-state index in [4.69, 9.17) is 9.15 Å². The van der Waals surface area contributed by atoms with Gasteiger partial charge in [0.05, 0.1) is 30.4 Å². The Balaban J connectivity index is 1.67. The first-order chi connectivity index (χ1) is 15.9. The third-order valence-corrected chi connectivity index (χ3v) is 6.61. The second kappa shape index (κ2) is 9.50. The highest BCUT2D eigenvalue weighted by molar-refractivity contribution is 7.92. The number of nitrogens with one attached hydrogen (secondary N) is 1. The Bertz CT molecular complexity index is 1250. The molecule has 1 aromatic heterocycles. The summed E-state index contributed by atoms with van der Waals surface area (Å²) in [6.07, 6.45) is 1.92. The van der Waals surface area contributed by atoms with E-state index in [0.29, 0.717) is 30.2 Å². The van der Waals surface area contributed by atoms with Crippen LogP contribution in [0.1, 0.15) is 48.0 Å². The van der Waals surface area contributed by atoms with Crippen molar-refractivity contribution in [3.8, 4) is 5.75 Å². The summed E-state index contributed by atoms with van der Waals surface area (Å²) < 4.78 is 37.3. The number of hydrogen-bond donors (Lipinski definition) is 1. The fourth-order valence-corrected chi connectivity index (χ4v) is 4.29. The monoisotopic (exact) mass is 467 g/mol. The van der Waals surface area contributed by atoms with Crippen LogP contribution in [0, 0.1) is 0 Å². The minimum absolute atomic E-state index is 0.00771. The van der Waals surface area contributed by atoms with Crippen LogP contribution in [-0.4, -0.2) is 37.4 Å².